The van der Waals surface area contributed by atoms with Gasteiger partial charge in [0.1, 0.15) is 5.82 Å². The van der Waals surface area contributed by atoms with E-state index in [-0.39, 0.29) is 36.5 Å². The number of hydrogen-bond donors (Lipinski definition) is 1. The molecule has 0 aromatic heterocycles. The number of nitrogens with zero attached hydrogens (tertiary/aromatic N) is 2. The number of rotatable bonds is 7. The van der Waals surface area contributed by atoms with Crippen LogP contribution in [0.1, 0.15) is 25.3 Å². The number of carbonyl (C=O) groups is 2. The number of aryl methyl sites for hydroxylation is 1. The van der Waals surface area contributed by atoms with Crippen LogP contribution >= 0.6 is 0 Å². The van der Waals surface area contributed by atoms with E-state index in [2.05, 4.69) is 5.32 Å². The first-order valence-electron chi connectivity index (χ1n) is 10.5. The van der Waals surface area contributed by atoms with Gasteiger partial charge in [-0.1, -0.05) is 6.07 Å². The number of anilines is 1. The highest BCUT2D eigenvalue weighted by Crippen LogP contribution is 2.29. The molecule has 10 nitrogen and oxygen atoms in total. The molecule has 1 aliphatic rings. The summed E-state index contributed by atoms with van der Waals surface area (Å²) in [5, 5.41) is 13.6. The van der Waals surface area contributed by atoms with Gasteiger partial charge in [0.2, 0.25) is 10.0 Å². The fourth-order valence-electron chi connectivity index (χ4n) is 3.55. The van der Waals surface area contributed by atoms with Crippen LogP contribution in [0.3, 0.4) is 0 Å². The number of piperidine rings is 1. The van der Waals surface area contributed by atoms with E-state index in [1.54, 1.807) is 6.92 Å². The maximum atomic E-state index is 13.0. The standard InChI is InChI=1S/C22H24FN3O7S/c1-14-3-8-19(26(29)30)13-20(14)34(31,32)25-11-9-16(10-12-25)22(28)33-15(2)21(27)24-18-6-4-17(23)5-7-18/h3-8,13,15-16H,9-12H2,1-2H3,(H,24,27)/t15-/m1/s1. The van der Waals surface area contributed by atoms with E-state index in [1.165, 1.54) is 47.6 Å². The van der Waals surface area contributed by atoms with Crippen molar-refractivity contribution in [3.63, 3.8) is 0 Å². The number of benzene rings is 2. The fourth-order valence-corrected chi connectivity index (χ4v) is 5.27. The van der Waals surface area contributed by atoms with Gasteiger partial charge in [-0.2, -0.15) is 4.31 Å². The predicted octanol–water partition coefficient (Wildman–Crippen LogP) is 3.01. The van der Waals surface area contributed by atoms with E-state index in [0.717, 1.165) is 6.07 Å². The Morgan fingerprint density at radius 1 is 1.18 bits per heavy atom. The lowest BCUT2D eigenvalue weighted by atomic mass is 9.98. The molecule has 1 heterocycles. The molecule has 1 aliphatic heterocycles. The van der Waals surface area contributed by atoms with Gasteiger partial charge in [-0.25, -0.2) is 12.8 Å². The van der Waals surface area contributed by atoms with E-state index in [9.17, 15) is 32.5 Å². The summed E-state index contributed by atoms with van der Waals surface area (Å²) >= 11 is 0. The van der Waals surface area contributed by atoms with Crippen molar-refractivity contribution in [3.8, 4) is 0 Å². The minimum atomic E-state index is -3.99. The molecule has 12 heteroatoms. The molecule has 182 valence electrons. The lowest BCUT2D eigenvalue weighted by molar-refractivity contribution is -0.385. The Hall–Kier alpha value is -3.38. The van der Waals surface area contributed by atoms with Crippen LogP contribution < -0.4 is 5.32 Å². The number of halogens is 1. The van der Waals surface area contributed by atoms with Gasteiger partial charge in [0.15, 0.2) is 6.10 Å². The zero-order valence-electron chi connectivity index (χ0n) is 18.6. The van der Waals surface area contributed by atoms with Crippen LogP contribution in [0.4, 0.5) is 15.8 Å². The monoisotopic (exact) mass is 493 g/mol. The SMILES string of the molecule is Cc1ccc([N+](=O)[O-])cc1S(=O)(=O)N1CCC(C(=O)O[C@H](C)C(=O)Nc2ccc(F)cc2)CC1. The molecule has 0 spiro atoms. The second-order valence-electron chi connectivity index (χ2n) is 7.96. The number of non-ortho nitro benzene ring substituents is 1. The van der Waals surface area contributed by atoms with E-state index in [0.29, 0.717) is 11.3 Å². The summed E-state index contributed by atoms with van der Waals surface area (Å²) in [6.07, 6.45) is -0.747. The molecule has 3 rings (SSSR count). The van der Waals surface area contributed by atoms with Gasteiger partial charge in [0, 0.05) is 30.9 Å². The number of sulfonamides is 1. The Morgan fingerprint density at radius 2 is 1.79 bits per heavy atom. The van der Waals surface area contributed by atoms with Gasteiger partial charge in [-0.15, -0.1) is 0 Å². The molecule has 2 aromatic carbocycles. The van der Waals surface area contributed by atoms with Gasteiger partial charge in [-0.05, 0) is 56.5 Å². The van der Waals surface area contributed by atoms with Gasteiger partial charge in [0.05, 0.1) is 15.7 Å². The summed E-state index contributed by atoms with van der Waals surface area (Å²) in [6.45, 7) is 3.02. The summed E-state index contributed by atoms with van der Waals surface area (Å²) in [5.74, 6) is -2.25. The zero-order chi connectivity index (χ0) is 25.0. The molecule has 0 saturated carbocycles. The number of nitro benzene ring substituents is 1. The summed E-state index contributed by atoms with van der Waals surface area (Å²) in [7, 11) is -3.99. The molecular weight excluding hydrogens is 469 g/mol. The number of nitrogens with one attached hydrogen (secondary N) is 1. The number of amides is 1. The number of ether oxygens (including phenoxy) is 1. The normalized spacial score (nSPS) is 16.0. The predicted molar refractivity (Wildman–Crippen MR) is 120 cm³/mol. The minimum absolute atomic E-state index is 0.0282. The molecule has 0 unspecified atom stereocenters. The minimum Gasteiger partial charge on any atom is -0.452 e. The lowest BCUT2D eigenvalue weighted by Crippen LogP contribution is -2.42. The molecule has 34 heavy (non-hydrogen) atoms. The van der Waals surface area contributed by atoms with Crippen molar-refractivity contribution in [2.75, 3.05) is 18.4 Å². The average molecular weight is 494 g/mol. The third-order valence-electron chi connectivity index (χ3n) is 5.56. The molecule has 0 aliphatic carbocycles. The second-order valence-corrected chi connectivity index (χ2v) is 9.87. The molecule has 1 N–H and O–H groups in total. The average Bonchev–Trinajstić information content (AvgIpc) is 2.80. The van der Waals surface area contributed by atoms with Gasteiger partial charge < -0.3 is 10.1 Å². The first-order valence-corrected chi connectivity index (χ1v) is 11.9. The summed E-state index contributed by atoms with van der Waals surface area (Å²) in [4.78, 5) is 35.0. The van der Waals surface area contributed by atoms with E-state index >= 15 is 0 Å². The number of esters is 1. The van der Waals surface area contributed by atoms with Crippen LogP contribution in [0, 0.1) is 28.8 Å². The van der Waals surface area contributed by atoms with Crippen molar-refractivity contribution < 1.29 is 32.1 Å². The van der Waals surface area contributed by atoms with Gasteiger partial charge in [-0.3, -0.25) is 19.7 Å². The van der Waals surface area contributed by atoms with Gasteiger partial charge in [0.25, 0.3) is 11.6 Å². The van der Waals surface area contributed by atoms with Crippen LogP contribution in [0.5, 0.6) is 0 Å². The van der Waals surface area contributed by atoms with Crippen LogP contribution in [-0.4, -0.2) is 48.7 Å². The Bertz CT molecular complexity index is 1190. The quantitative estimate of drug-likeness (QED) is 0.356. The first kappa shape index (κ1) is 25.2. The molecule has 1 amide bonds. The smallest absolute Gasteiger partial charge is 0.309 e. The topological polar surface area (TPSA) is 136 Å². The van der Waals surface area contributed by atoms with Crippen molar-refractivity contribution in [3.05, 3.63) is 64.0 Å². The largest absolute Gasteiger partial charge is 0.452 e. The van der Waals surface area contributed by atoms with Crippen molar-refractivity contribution in [1.82, 2.24) is 4.31 Å². The van der Waals surface area contributed by atoms with E-state index in [1.807, 2.05) is 0 Å². The Morgan fingerprint density at radius 3 is 2.38 bits per heavy atom. The Kier molecular flexibility index (Phi) is 7.62. The van der Waals surface area contributed by atoms with Gasteiger partial charge >= 0.3 is 5.97 Å². The van der Waals surface area contributed by atoms with Crippen molar-refractivity contribution in [2.24, 2.45) is 5.92 Å². The molecule has 0 radical (unpaired) electrons. The fraction of sp³-hybridized carbons (Fsp3) is 0.364. The Labute approximate surface area is 195 Å². The third-order valence-corrected chi connectivity index (χ3v) is 7.60. The van der Waals surface area contributed by atoms with E-state index in [4.69, 9.17) is 4.74 Å². The molecule has 2 aromatic rings. The molecular formula is C22H24FN3O7S. The number of nitro groups is 1. The third kappa shape index (κ3) is 5.75. The molecule has 1 fully saturated rings. The van der Waals surface area contributed by atoms with Crippen LogP contribution in [0.2, 0.25) is 0 Å². The highest BCUT2D eigenvalue weighted by atomic mass is 32.2. The molecule has 1 saturated heterocycles. The lowest BCUT2D eigenvalue weighted by Gasteiger charge is -2.30. The summed E-state index contributed by atoms with van der Waals surface area (Å²) in [5.41, 5.74) is 0.410. The maximum Gasteiger partial charge on any atom is 0.309 e. The molecule has 1 atom stereocenters. The van der Waals surface area contributed by atoms with Crippen molar-refractivity contribution in [2.45, 2.75) is 37.7 Å². The van der Waals surface area contributed by atoms with Crippen LogP contribution in [0.25, 0.3) is 0 Å². The second kappa shape index (κ2) is 10.3. The number of carbonyl (C=O) groups excluding carboxylic acids is 2. The molecule has 0 bridgehead atoms. The van der Waals surface area contributed by atoms with E-state index < -0.39 is 44.7 Å². The number of hydrogen-bond acceptors (Lipinski definition) is 7. The summed E-state index contributed by atoms with van der Waals surface area (Å²) in [6, 6.07) is 8.78. The van der Waals surface area contributed by atoms with Crippen molar-refractivity contribution >= 4 is 33.3 Å². The zero-order valence-corrected chi connectivity index (χ0v) is 19.4. The van der Waals surface area contributed by atoms with Crippen molar-refractivity contribution in [1.29, 1.82) is 0 Å². The Balaban J connectivity index is 1.58. The summed E-state index contributed by atoms with van der Waals surface area (Å²) < 4.78 is 45.5. The highest BCUT2D eigenvalue weighted by Gasteiger charge is 2.35. The van der Waals surface area contributed by atoms with Crippen LogP contribution in [0.15, 0.2) is 47.4 Å². The highest BCUT2D eigenvalue weighted by molar-refractivity contribution is 7.89. The maximum absolute atomic E-state index is 13.0. The van der Waals surface area contributed by atoms with Crippen LogP contribution in [-0.2, 0) is 24.3 Å². The first-order chi connectivity index (χ1) is 16.0.